The van der Waals surface area contributed by atoms with Gasteiger partial charge in [0.2, 0.25) is 11.5 Å². The van der Waals surface area contributed by atoms with Gasteiger partial charge in [-0.05, 0) is 68.5 Å². The molecular weight excluding hydrogens is 442 g/mol. The fourth-order valence-corrected chi connectivity index (χ4v) is 4.16. The van der Waals surface area contributed by atoms with E-state index in [2.05, 4.69) is 0 Å². The number of aromatic nitrogens is 1. The van der Waals surface area contributed by atoms with E-state index in [4.69, 9.17) is 18.9 Å². The molecule has 6 nitrogen and oxygen atoms in total. The monoisotopic (exact) mass is 469 g/mol. The number of aliphatic carboxylic acids is 1. The summed E-state index contributed by atoms with van der Waals surface area (Å²) < 4.78 is 17.8. The number of rotatable bonds is 10. The van der Waals surface area contributed by atoms with Crippen LogP contribution in [0.3, 0.4) is 0 Å². The van der Waals surface area contributed by atoms with Gasteiger partial charge in [0, 0.05) is 11.1 Å². The van der Waals surface area contributed by atoms with Crippen LogP contribution in [0.15, 0.2) is 89.3 Å². The summed E-state index contributed by atoms with van der Waals surface area (Å²) in [6.07, 6.45) is 3.43. The Morgan fingerprint density at radius 3 is 2.11 bits per heavy atom. The second-order valence-corrected chi connectivity index (χ2v) is 8.71. The number of ether oxygens (including phenoxy) is 2. The van der Waals surface area contributed by atoms with Crippen molar-refractivity contribution in [1.29, 1.82) is 0 Å². The van der Waals surface area contributed by atoms with Crippen molar-refractivity contribution in [2.45, 2.75) is 37.7 Å². The number of oxazole rings is 1. The molecular formula is C29H27NO5. The minimum Gasteiger partial charge on any atom is -0.494 e. The van der Waals surface area contributed by atoms with E-state index in [-0.39, 0.29) is 0 Å². The molecule has 0 radical (unpaired) electrons. The van der Waals surface area contributed by atoms with Gasteiger partial charge in [-0.2, -0.15) is 0 Å². The van der Waals surface area contributed by atoms with Crippen LogP contribution in [0.5, 0.6) is 11.5 Å². The molecule has 1 saturated carbocycles. The normalized spacial score (nSPS) is 14.2. The van der Waals surface area contributed by atoms with Gasteiger partial charge in [0.05, 0.1) is 12.3 Å². The topological polar surface area (TPSA) is 81.8 Å². The maximum Gasteiger partial charge on any atom is 0.348 e. The van der Waals surface area contributed by atoms with Gasteiger partial charge in [-0.1, -0.05) is 48.5 Å². The first-order chi connectivity index (χ1) is 17.1. The first-order valence-corrected chi connectivity index (χ1v) is 11.9. The molecule has 1 N–H and O–H groups in total. The number of aryl methyl sites for hydroxylation is 1. The largest absolute Gasteiger partial charge is 0.494 e. The average molecular weight is 470 g/mol. The van der Waals surface area contributed by atoms with Crippen molar-refractivity contribution in [2.75, 3.05) is 6.61 Å². The molecule has 1 aromatic heterocycles. The Hall–Kier alpha value is -4.06. The van der Waals surface area contributed by atoms with Gasteiger partial charge in [0.1, 0.15) is 11.5 Å². The highest BCUT2D eigenvalue weighted by Gasteiger charge is 2.47. The molecule has 0 aliphatic heterocycles. The van der Waals surface area contributed by atoms with E-state index in [0.29, 0.717) is 43.3 Å². The fourth-order valence-electron chi connectivity index (χ4n) is 4.16. The van der Waals surface area contributed by atoms with Crippen molar-refractivity contribution in [3.8, 4) is 34.3 Å². The Kier molecular flexibility index (Phi) is 6.53. The third-order valence-corrected chi connectivity index (χ3v) is 6.27. The lowest BCUT2D eigenvalue weighted by atomic mass is 9.80. The second-order valence-electron chi connectivity index (χ2n) is 8.71. The predicted molar refractivity (Wildman–Crippen MR) is 132 cm³/mol. The quantitative estimate of drug-likeness (QED) is 0.270. The van der Waals surface area contributed by atoms with E-state index < -0.39 is 11.6 Å². The number of hydrogen-bond donors (Lipinski definition) is 1. The van der Waals surface area contributed by atoms with Gasteiger partial charge < -0.3 is 19.0 Å². The van der Waals surface area contributed by atoms with E-state index in [1.807, 2.05) is 72.8 Å². The lowest BCUT2D eigenvalue weighted by molar-refractivity contribution is -0.163. The Morgan fingerprint density at radius 2 is 1.51 bits per heavy atom. The van der Waals surface area contributed by atoms with Crippen LogP contribution in [0.25, 0.3) is 22.8 Å². The zero-order chi connectivity index (χ0) is 24.1. The molecule has 35 heavy (non-hydrogen) atoms. The van der Waals surface area contributed by atoms with Crippen molar-refractivity contribution < 1.29 is 23.8 Å². The summed E-state index contributed by atoms with van der Waals surface area (Å²) in [6.45, 7) is 0.515. The zero-order valence-corrected chi connectivity index (χ0v) is 19.4. The summed E-state index contributed by atoms with van der Waals surface area (Å²) >= 11 is 0. The fraction of sp³-hybridized carbons (Fsp3) is 0.241. The van der Waals surface area contributed by atoms with Crippen LogP contribution in [-0.4, -0.2) is 28.3 Å². The van der Waals surface area contributed by atoms with Crippen LogP contribution in [0, 0.1) is 0 Å². The van der Waals surface area contributed by atoms with Crippen molar-refractivity contribution in [2.24, 2.45) is 0 Å². The minimum atomic E-state index is -1.07. The van der Waals surface area contributed by atoms with E-state index in [9.17, 15) is 9.90 Å². The number of carboxylic acids is 1. The second kappa shape index (κ2) is 10.1. The molecule has 0 amide bonds. The molecule has 1 heterocycles. The third-order valence-electron chi connectivity index (χ3n) is 6.27. The third kappa shape index (κ3) is 5.06. The molecule has 0 spiro atoms. The SMILES string of the molecule is O=C(O)C1(Oc2ccc(OCCCc3nc(-c4ccccc4)oc3-c3ccccc3)cc2)CCC1. The standard InChI is InChI=1S/C29H27NO5/c31-28(32)29(18-8-19-29)35-24-16-14-23(15-17-24)33-20-7-13-25-26(21-9-3-1-4-10-21)34-27(30-25)22-11-5-2-6-12-22/h1-6,9-12,14-17H,7-8,13,18-20H2,(H,31,32). The zero-order valence-electron chi connectivity index (χ0n) is 19.4. The summed E-state index contributed by atoms with van der Waals surface area (Å²) in [5.41, 5.74) is 1.77. The highest BCUT2D eigenvalue weighted by Crippen LogP contribution is 2.37. The van der Waals surface area contributed by atoms with E-state index in [1.54, 1.807) is 12.1 Å². The Bertz CT molecular complexity index is 1260. The number of carboxylic acid groups (broad SMARTS) is 1. The van der Waals surface area contributed by atoms with Crippen LogP contribution < -0.4 is 9.47 Å². The molecule has 3 aromatic carbocycles. The highest BCUT2D eigenvalue weighted by atomic mass is 16.5. The van der Waals surface area contributed by atoms with E-state index >= 15 is 0 Å². The van der Waals surface area contributed by atoms with Crippen molar-refractivity contribution in [3.63, 3.8) is 0 Å². The predicted octanol–water partition coefficient (Wildman–Crippen LogP) is 6.41. The number of benzene rings is 3. The number of hydrogen-bond acceptors (Lipinski definition) is 5. The lowest BCUT2D eigenvalue weighted by Gasteiger charge is -2.37. The van der Waals surface area contributed by atoms with Gasteiger partial charge in [0.15, 0.2) is 5.76 Å². The first-order valence-electron chi connectivity index (χ1n) is 11.9. The Labute approximate surface area is 204 Å². The molecule has 6 heteroatoms. The highest BCUT2D eigenvalue weighted by molar-refractivity contribution is 5.79. The summed E-state index contributed by atoms with van der Waals surface area (Å²) in [6, 6.07) is 27.0. The molecule has 0 unspecified atom stereocenters. The Morgan fingerprint density at radius 1 is 0.886 bits per heavy atom. The van der Waals surface area contributed by atoms with Crippen molar-refractivity contribution >= 4 is 5.97 Å². The van der Waals surface area contributed by atoms with Crippen molar-refractivity contribution in [1.82, 2.24) is 4.98 Å². The van der Waals surface area contributed by atoms with Crippen molar-refractivity contribution in [3.05, 3.63) is 90.6 Å². The maximum absolute atomic E-state index is 11.5. The summed E-state index contributed by atoms with van der Waals surface area (Å²) in [5, 5.41) is 9.43. The Balaban J connectivity index is 1.21. The molecule has 178 valence electrons. The van der Waals surface area contributed by atoms with E-state index in [0.717, 1.165) is 35.4 Å². The van der Waals surface area contributed by atoms with Crippen LogP contribution in [-0.2, 0) is 11.2 Å². The first kappa shape index (κ1) is 22.7. The minimum absolute atomic E-state index is 0.515. The maximum atomic E-state index is 11.5. The van der Waals surface area contributed by atoms with Crippen LogP contribution >= 0.6 is 0 Å². The molecule has 0 atom stereocenters. The van der Waals surface area contributed by atoms with Gasteiger partial charge in [0.25, 0.3) is 0 Å². The average Bonchev–Trinajstić information content (AvgIpc) is 3.30. The molecule has 0 saturated heterocycles. The summed E-state index contributed by atoms with van der Waals surface area (Å²) in [7, 11) is 0. The van der Waals surface area contributed by atoms with Crippen LogP contribution in [0.2, 0.25) is 0 Å². The van der Waals surface area contributed by atoms with E-state index in [1.165, 1.54) is 0 Å². The number of nitrogens with zero attached hydrogens (tertiary/aromatic N) is 1. The molecule has 1 aliphatic carbocycles. The van der Waals surface area contributed by atoms with Crippen LogP contribution in [0.4, 0.5) is 0 Å². The van der Waals surface area contributed by atoms with Gasteiger partial charge in [-0.15, -0.1) is 0 Å². The summed E-state index contributed by atoms with van der Waals surface area (Å²) in [4.78, 5) is 16.3. The lowest BCUT2D eigenvalue weighted by Crippen LogP contribution is -2.50. The molecule has 4 aromatic rings. The molecule has 5 rings (SSSR count). The molecule has 1 fully saturated rings. The number of carbonyl (C=O) groups is 1. The van der Waals surface area contributed by atoms with Gasteiger partial charge in [-0.3, -0.25) is 0 Å². The van der Waals surface area contributed by atoms with Crippen LogP contribution in [0.1, 0.15) is 31.4 Å². The summed E-state index contributed by atoms with van der Waals surface area (Å²) in [5.74, 6) is 1.75. The molecule has 0 bridgehead atoms. The van der Waals surface area contributed by atoms with Gasteiger partial charge >= 0.3 is 5.97 Å². The molecule has 1 aliphatic rings. The van der Waals surface area contributed by atoms with Gasteiger partial charge in [-0.25, -0.2) is 9.78 Å². The smallest absolute Gasteiger partial charge is 0.348 e.